The van der Waals surface area contributed by atoms with Crippen molar-refractivity contribution in [1.29, 1.82) is 0 Å². The van der Waals surface area contributed by atoms with Crippen molar-refractivity contribution >= 4 is 34.5 Å². The lowest BCUT2D eigenvalue weighted by molar-refractivity contribution is 0.101. The normalized spacial score (nSPS) is 13.4. The number of carbonyl (C=O) groups is 1. The summed E-state index contributed by atoms with van der Waals surface area (Å²) in [6.07, 6.45) is 4.04. The van der Waals surface area contributed by atoms with Crippen molar-refractivity contribution in [3.05, 3.63) is 46.4 Å². The summed E-state index contributed by atoms with van der Waals surface area (Å²) in [5.41, 5.74) is 2.85. The minimum atomic E-state index is -0.536. The number of pyridine rings is 1. The van der Waals surface area contributed by atoms with Crippen LogP contribution in [0.15, 0.2) is 40.4 Å². The number of fused-ring (bicyclic) bond motifs is 4. The maximum atomic E-state index is 12.8. The highest BCUT2D eigenvalue weighted by molar-refractivity contribution is 7.98. The van der Waals surface area contributed by atoms with Crippen LogP contribution in [0, 0.1) is 0 Å². The molecule has 11 nitrogen and oxygen atoms in total. The van der Waals surface area contributed by atoms with Gasteiger partial charge in [-0.05, 0) is 30.5 Å². The second kappa shape index (κ2) is 7.30. The summed E-state index contributed by atoms with van der Waals surface area (Å²) in [6.45, 7) is 1.07. The molecule has 4 heterocycles. The second-order valence-electron chi connectivity index (χ2n) is 6.39. The monoisotopic (exact) mass is 425 g/mol. The van der Waals surface area contributed by atoms with Crippen molar-refractivity contribution in [2.24, 2.45) is 0 Å². The predicted octanol–water partition coefficient (Wildman–Crippen LogP) is 1.10. The quantitative estimate of drug-likeness (QED) is 0.480. The Morgan fingerprint density at radius 2 is 2.00 bits per heavy atom. The molecule has 3 aromatic heterocycles. The molecule has 0 spiro atoms. The van der Waals surface area contributed by atoms with Crippen LogP contribution in [0.1, 0.15) is 16.8 Å². The predicted molar refractivity (Wildman–Crippen MR) is 108 cm³/mol. The number of hydrogen-bond donors (Lipinski definition) is 1. The van der Waals surface area contributed by atoms with Gasteiger partial charge in [-0.1, -0.05) is 11.8 Å². The van der Waals surface area contributed by atoms with E-state index in [9.17, 15) is 9.59 Å². The smallest absolute Gasteiger partial charge is 0.299 e. The van der Waals surface area contributed by atoms with Gasteiger partial charge in [0.05, 0.1) is 13.2 Å². The first-order chi connectivity index (χ1) is 14.6. The molecule has 1 N–H and O–H groups in total. The number of nitrogens with one attached hydrogen (secondary N) is 1. The molecule has 0 saturated carbocycles. The SMILES string of the molecule is CSc1nc2nnc3c(=O)n(NC(=O)c4ccc5c(c4)OCCCO5)ccc3n2n1. The molecule has 0 atom stereocenters. The molecule has 1 aromatic carbocycles. The number of rotatable bonds is 3. The van der Waals surface area contributed by atoms with Crippen LogP contribution < -0.4 is 20.5 Å². The van der Waals surface area contributed by atoms with Crippen molar-refractivity contribution in [2.75, 3.05) is 24.9 Å². The standard InChI is InChI=1S/C18H15N7O4S/c1-30-18-19-17-21-20-14-11(25(17)23-18)5-6-24(16(14)27)22-15(26)10-3-4-12-13(9-10)29-8-2-7-28-12/h3-6,9H,2,7-8H2,1H3,(H,22,26). The molecule has 0 fully saturated rings. The van der Waals surface area contributed by atoms with Crippen LogP contribution in [0.4, 0.5) is 0 Å². The fourth-order valence-electron chi connectivity index (χ4n) is 3.04. The average molecular weight is 425 g/mol. The van der Waals surface area contributed by atoms with Gasteiger partial charge in [-0.15, -0.1) is 15.3 Å². The van der Waals surface area contributed by atoms with Crippen molar-refractivity contribution in [1.82, 2.24) is 29.5 Å². The molecule has 4 aromatic rings. The van der Waals surface area contributed by atoms with E-state index in [2.05, 4.69) is 25.7 Å². The van der Waals surface area contributed by atoms with Gasteiger partial charge in [0.2, 0.25) is 5.16 Å². The van der Waals surface area contributed by atoms with Gasteiger partial charge in [0.1, 0.15) is 5.52 Å². The first kappa shape index (κ1) is 18.4. The summed E-state index contributed by atoms with van der Waals surface area (Å²) in [5.74, 6) is 0.894. The second-order valence-corrected chi connectivity index (χ2v) is 7.16. The van der Waals surface area contributed by atoms with Crippen LogP contribution in [0.25, 0.3) is 16.8 Å². The van der Waals surface area contributed by atoms with Gasteiger partial charge >= 0.3 is 0 Å². The van der Waals surface area contributed by atoms with Crippen LogP contribution in [0.5, 0.6) is 11.5 Å². The minimum absolute atomic E-state index is 0.0570. The average Bonchev–Trinajstić information content (AvgIpc) is 3.05. The zero-order chi connectivity index (χ0) is 20.7. The lowest BCUT2D eigenvalue weighted by Gasteiger charge is -2.11. The van der Waals surface area contributed by atoms with Gasteiger partial charge in [0, 0.05) is 18.2 Å². The third-order valence-electron chi connectivity index (χ3n) is 4.50. The molecule has 0 unspecified atom stereocenters. The van der Waals surface area contributed by atoms with Gasteiger partial charge in [-0.2, -0.15) is 9.50 Å². The van der Waals surface area contributed by atoms with Crippen molar-refractivity contribution in [3.8, 4) is 11.5 Å². The summed E-state index contributed by atoms with van der Waals surface area (Å²) in [5, 5.41) is 12.7. The van der Waals surface area contributed by atoms with Crippen molar-refractivity contribution < 1.29 is 14.3 Å². The van der Waals surface area contributed by atoms with Gasteiger partial charge in [0.15, 0.2) is 17.0 Å². The Morgan fingerprint density at radius 3 is 2.83 bits per heavy atom. The minimum Gasteiger partial charge on any atom is -0.490 e. The zero-order valence-electron chi connectivity index (χ0n) is 15.7. The number of nitrogens with zero attached hydrogens (tertiary/aromatic N) is 6. The Hall–Kier alpha value is -3.67. The van der Waals surface area contributed by atoms with Crippen LogP contribution in [-0.4, -0.2) is 54.8 Å². The highest BCUT2D eigenvalue weighted by atomic mass is 32.2. The van der Waals surface area contributed by atoms with E-state index in [0.717, 1.165) is 11.1 Å². The molecular formula is C18H15N7O4S. The van der Waals surface area contributed by atoms with Crippen LogP contribution in [-0.2, 0) is 0 Å². The van der Waals surface area contributed by atoms with E-state index in [4.69, 9.17) is 9.47 Å². The third-order valence-corrected chi connectivity index (χ3v) is 5.04. The Kier molecular flexibility index (Phi) is 4.47. The number of thioether (sulfide) groups is 1. The van der Waals surface area contributed by atoms with E-state index in [-0.39, 0.29) is 5.52 Å². The number of aromatic nitrogens is 6. The number of ether oxygens (including phenoxy) is 2. The summed E-state index contributed by atoms with van der Waals surface area (Å²) < 4.78 is 13.7. The lowest BCUT2D eigenvalue weighted by Crippen LogP contribution is -2.33. The zero-order valence-corrected chi connectivity index (χ0v) is 16.5. The molecule has 5 rings (SSSR count). The number of carbonyl (C=O) groups excluding carboxylic acids is 1. The number of hydrogen-bond acceptors (Lipinski definition) is 9. The summed E-state index contributed by atoms with van der Waals surface area (Å²) in [6, 6.07) is 6.49. The first-order valence-corrected chi connectivity index (χ1v) is 10.3. The van der Waals surface area contributed by atoms with Crippen LogP contribution >= 0.6 is 11.8 Å². The van der Waals surface area contributed by atoms with Crippen molar-refractivity contribution in [2.45, 2.75) is 11.6 Å². The van der Waals surface area contributed by atoms with Crippen molar-refractivity contribution in [3.63, 3.8) is 0 Å². The molecule has 0 radical (unpaired) electrons. The van der Waals surface area contributed by atoms with E-state index in [0.29, 0.717) is 46.7 Å². The van der Waals surface area contributed by atoms with E-state index < -0.39 is 11.5 Å². The van der Waals surface area contributed by atoms with Gasteiger partial charge in [0.25, 0.3) is 17.2 Å². The number of benzene rings is 1. The molecule has 152 valence electrons. The summed E-state index contributed by atoms with van der Waals surface area (Å²) in [7, 11) is 0. The summed E-state index contributed by atoms with van der Waals surface area (Å²) >= 11 is 1.36. The molecule has 0 bridgehead atoms. The fourth-order valence-corrected chi connectivity index (χ4v) is 3.38. The van der Waals surface area contributed by atoms with Gasteiger partial charge < -0.3 is 9.47 Å². The highest BCUT2D eigenvalue weighted by Gasteiger charge is 2.16. The molecule has 1 aliphatic rings. The number of amides is 1. The fraction of sp³-hybridized carbons (Fsp3) is 0.222. The van der Waals surface area contributed by atoms with E-state index >= 15 is 0 Å². The van der Waals surface area contributed by atoms with Crippen LogP contribution in [0.2, 0.25) is 0 Å². The Labute approximate surface area is 173 Å². The van der Waals surface area contributed by atoms with E-state index in [1.807, 2.05) is 6.26 Å². The summed E-state index contributed by atoms with van der Waals surface area (Å²) in [4.78, 5) is 29.7. The Balaban J connectivity index is 1.48. The molecular weight excluding hydrogens is 410 g/mol. The molecule has 1 aliphatic heterocycles. The lowest BCUT2D eigenvalue weighted by atomic mass is 10.2. The maximum Gasteiger partial charge on any atom is 0.299 e. The molecule has 0 aliphatic carbocycles. The topological polar surface area (TPSA) is 126 Å². The van der Waals surface area contributed by atoms with E-state index in [1.165, 1.54) is 22.5 Å². The maximum absolute atomic E-state index is 12.8. The Bertz CT molecular complexity index is 1350. The molecule has 30 heavy (non-hydrogen) atoms. The third kappa shape index (κ3) is 3.10. The van der Waals surface area contributed by atoms with E-state index in [1.54, 1.807) is 24.3 Å². The van der Waals surface area contributed by atoms with Gasteiger partial charge in [-0.25, -0.2) is 4.68 Å². The first-order valence-electron chi connectivity index (χ1n) is 9.04. The van der Waals surface area contributed by atoms with Gasteiger partial charge in [-0.3, -0.25) is 15.0 Å². The molecule has 1 amide bonds. The molecule has 12 heteroatoms. The highest BCUT2D eigenvalue weighted by Crippen LogP contribution is 2.30. The Morgan fingerprint density at radius 1 is 1.17 bits per heavy atom. The largest absolute Gasteiger partial charge is 0.490 e. The molecule has 0 saturated heterocycles. The van der Waals surface area contributed by atoms with Crippen LogP contribution in [0.3, 0.4) is 0 Å².